The van der Waals surface area contributed by atoms with Gasteiger partial charge in [0.2, 0.25) is 0 Å². The van der Waals surface area contributed by atoms with Crippen LogP contribution in [0, 0.1) is 30.3 Å². The lowest BCUT2D eigenvalue weighted by Crippen LogP contribution is -2.27. The number of nitro benzene ring substituents is 3. The van der Waals surface area contributed by atoms with E-state index in [0.29, 0.717) is 30.5 Å². The minimum atomic E-state index is -0.801. The zero-order valence-corrected chi connectivity index (χ0v) is 17.3. The number of hydrogen-bond acceptors (Lipinski definition) is 9. The quantitative estimate of drug-likeness (QED) is 0.222. The molecule has 2 aromatic rings. The summed E-state index contributed by atoms with van der Waals surface area (Å²) in [4.78, 5) is 33.1. The topological polar surface area (TPSA) is 157 Å². The summed E-state index contributed by atoms with van der Waals surface area (Å²) in [5.41, 5.74) is 1.73. The highest BCUT2D eigenvalue weighted by Crippen LogP contribution is 2.29. The molecule has 31 heavy (non-hydrogen) atoms. The SMILES string of the molecule is O=[N+]([O-])c1ccc(N/N=C\c2ccc(N(CCCl)CCCl)cc2[N+](=O)[O-])c([N+](=O)[O-])c1. The zero-order chi connectivity index (χ0) is 23.0. The Morgan fingerprint density at radius 1 is 0.903 bits per heavy atom. The maximum atomic E-state index is 11.5. The molecule has 14 heteroatoms. The summed E-state index contributed by atoms with van der Waals surface area (Å²) in [5, 5.41) is 37.3. The number of rotatable bonds is 11. The van der Waals surface area contributed by atoms with Crippen molar-refractivity contribution in [2.24, 2.45) is 5.10 Å². The normalized spacial score (nSPS) is 10.8. The number of hydrazone groups is 1. The highest BCUT2D eigenvalue weighted by atomic mass is 35.5. The first-order valence-corrected chi connectivity index (χ1v) is 9.72. The minimum absolute atomic E-state index is 0.110. The van der Waals surface area contributed by atoms with Gasteiger partial charge in [0.1, 0.15) is 5.69 Å². The predicted octanol–water partition coefficient (Wildman–Crippen LogP) is 4.14. The van der Waals surface area contributed by atoms with Crippen LogP contribution in [0.15, 0.2) is 41.5 Å². The Bertz CT molecular complexity index is 1010. The van der Waals surface area contributed by atoms with Gasteiger partial charge in [0.05, 0.1) is 32.6 Å². The van der Waals surface area contributed by atoms with Gasteiger partial charge in [-0.05, 0) is 18.2 Å². The average molecular weight is 471 g/mol. The van der Waals surface area contributed by atoms with Gasteiger partial charge in [-0.2, -0.15) is 5.10 Å². The van der Waals surface area contributed by atoms with Crippen LogP contribution in [0.1, 0.15) is 5.56 Å². The first-order valence-electron chi connectivity index (χ1n) is 8.65. The second-order valence-corrected chi connectivity index (χ2v) is 6.71. The predicted molar refractivity (Wildman–Crippen MR) is 118 cm³/mol. The first kappa shape index (κ1) is 23.8. The maximum Gasteiger partial charge on any atom is 0.301 e. The molecular formula is C17H16Cl2N6O6. The molecule has 0 aliphatic carbocycles. The van der Waals surface area contributed by atoms with Crippen molar-refractivity contribution in [3.8, 4) is 0 Å². The molecule has 0 radical (unpaired) electrons. The molecule has 0 amide bonds. The van der Waals surface area contributed by atoms with Gasteiger partial charge in [0, 0.05) is 42.7 Å². The Kier molecular flexibility index (Phi) is 8.46. The Hall–Kier alpha value is -3.51. The molecule has 0 saturated heterocycles. The molecule has 0 heterocycles. The summed E-state index contributed by atoms with van der Waals surface area (Å²) < 4.78 is 0. The lowest BCUT2D eigenvalue weighted by atomic mass is 10.1. The number of benzene rings is 2. The lowest BCUT2D eigenvalue weighted by molar-refractivity contribution is -0.393. The average Bonchev–Trinajstić information content (AvgIpc) is 2.73. The highest BCUT2D eigenvalue weighted by molar-refractivity contribution is 6.18. The van der Waals surface area contributed by atoms with Crippen LogP contribution in [0.5, 0.6) is 0 Å². The molecule has 0 bridgehead atoms. The van der Waals surface area contributed by atoms with Crippen LogP contribution in [0.3, 0.4) is 0 Å². The number of nitrogens with zero attached hydrogens (tertiary/aromatic N) is 5. The molecule has 1 N–H and O–H groups in total. The molecule has 0 unspecified atom stereocenters. The van der Waals surface area contributed by atoms with E-state index in [1.807, 2.05) is 0 Å². The summed E-state index contributed by atoms with van der Waals surface area (Å²) >= 11 is 11.5. The van der Waals surface area contributed by atoms with Crippen LogP contribution in [0.2, 0.25) is 0 Å². The summed E-state index contributed by atoms with van der Waals surface area (Å²) in [6, 6.07) is 7.46. The number of anilines is 2. The number of hydrogen-bond donors (Lipinski definition) is 1. The molecule has 2 aromatic carbocycles. The molecular weight excluding hydrogens is 455 g/mol. The minimum Gasteiger partial charge on any atom is -0.369 e. The van der Waals surface area contributed by atoms with Gasteiger partial charge >= 0.3 is 5.69 Å². The zero-order valence-electron chi connectivity index (χ0n) is 15.8. The number of nitro groups is 3. The fourth-order valence-electron chi connectivity index (χ4n) is 2.62. The van der Waals surface area contributed by atoms with Gasteiger partial charge in [0.15, 0.2) is 0 Å². The van der Waals surface area contributed by atoms with Crippen LogP contribution in [-0.2, 0) is 0 Å². The van der Waals surface area contributed by atoms with Gasteiger partial charge in [-0.3, -0.25) is 35.8 Å². The van der Waals surface area contributed by atoms with Crippen molar-refractivity contribution in [2.45, 2.75) is 0 Å². The van der Waals surface area contributed by atoms with Crippen molar-refractivity contribution in [3.63, 3.8) is 0 Å². The lowest BCUT2D eigenvalue weighted by Gasteiger charge is -2.22. The molecule has 0 fully saturated rings. The van der Waals surface area contributed by atoms with E-state index in [9.17, 15) is 30.3 Å². The number of halogens is 2. The third-order valence-electron chi connectivity index (χ3n) is 4.06. The van der Waals surface area contributed by atoms with E-state index in [4.69, 9.17) is 23.2 Å². The number of alkyl halides is 2. The second kappa shape index (κ2) is 11.0. The third kappa shape index (κ3) is 6.23. The first-order chi connectivity index (χ1) is 14.8. The van der Waals surface area contributed by atoms with Gasteiger partial charge in [-0.1, -0.05) is 0 Å². The van der Waals surface area contributed by atoms with Crippen molar-refractivity contribution in [2.75, 3.05) is 35.2 Å². The Morgan fingerprint density at radius 3 is 2.10 bits per heavy atom. The third-order valence-corrected chi connectivity index (χ3v) is 4.40. The monoisotopic (exact) mass is 470 g/mol. The van der Waals surface area contributed by atoms with E-state index in [0.717, 1.165) is 24.4 Å². The van der Waals surface area contributed by atoms with E-state index in [1.165, 1.54) is 12.1 Å². The van der Waals surface area contributed by atoms with Gasteiger partial charge < -0.3 is 4.90 Å². The molecule has 0 atom stereocenters. The molecule has 164 valence electrons. The molecule has 0 saturated carbocycles. The van der Waals surface area contributed by atoms with Crippen LogP contribution in [0.25, 0.3) is 0 Å². The van der Waals surface area contributed by atoms with E-state index >= 15 is 0 Å². The van der Waals surface area contributed by atoms with Crippen molar-refractivity contribution < 1.29 is 14.8 Å². The number of nitrogens with one attached hydrogen (secondary N) is 1. The summed E-state index contributed by atoms with van der Waals surface area (Å²) in [5.74, 6) is 0.623. The fourth-order valence-corrected chi connectivity index (χ4v) is 3.03. The molecule has 0 aliphatic heterocycles. The van der Waals surface area contributed by atoms with Gasteiger partial charge in [-0.25, -0.2) is 0 Å². The molecule has 2 rings (SSSR count). The summed E-state index contributed by atoms with van der Waals surface area (Å²) in [7, 11) is 0. The number of non-ortho nitro benzene ring substituents is 1. The molecule has 0 aliphatic rings. The van der Waals surface area contributed by atoms with Gasteiger partial charge in [0.25, 0.3) is 11.4 Å². The smallest absolute Gasteiger partial charge is 0.301 e. The van der Waals surface area contributed by atoms with Crippen LogP contribution < -0.4 is 10.3 Å². The fraction of sp³-hybridized carbons (Fsp3) is 0.235. The molecule has 0 spiro atoms. The highest BCUT2D eigenvalue weighted by Gasteiger charge is 2.20. The van der Waals surface area contributed by atoms with E-state index in [2.05, 4.69) is 10.5 Å². The van der Waals surface area contributed by atoms with Crippen molar-refractivity contribution in [1.82, 2.24) is 0 Å². The Labute approximate surface area is 185 Å². The summed E-state index contributed by atoms with van der Waals surface area (Å²) in [6.45, 7) is 0.897. The molecule has 0 aromatic heterocycles. The van der Waals surface area contributed by atoms with Crippen molar-refractivity contribution in [3.05, 3.63) is 72.3 Å². The Morgan fingerprint density at radius 2 is 1.55 bits per heavy atom. The standard InChI is InChI=1S/C17H16Cl2N6O6/c18-5-7-22(8-6-19)13-2-1-12(16(9-13)24(28)29)11-20-21-15-4-3-14(23(26)27)10-17(15)25(30)31/h1-4,9-11,21H,5-8H2/b20-11-. The molecule has 12 nitrogen and oxygen atoms in total. The second-order valence-electron chi connectivity index (χ2n) is 5.95. The van der Waals surface area contributed by atoms with E-state index in [1.54, 1.807) is 11.0 Å². The van der Waals surface area contributed by atoms with E-state index in [-0.39, 0.29) is 16.9 Å². The van der Waals surface area contributed by atoms with E-state index < -0.39 is 26.1 Å². The van der Waals surface area contributed by atoms with Crippen LogP contribution in [0.4, 0.5) is 28.4 Å². The summed E-state index contributed by atoms with van der Waals surface area (Å²) in [6.07, 6.45) is 1.13. The van der Waals surface area contributed by atoms with Crippen molar-refractivity contribution >= 4 is 57.9 Å². The van der Waals surface area contributed by atoms with Gasteiger partial charge in [-0.15, -0.1) is 23.2 Å². The maximum absolute atomic E-state index is 11.5. The largest absolute Gasteiger partial charge is 0.369 e. The Balaban J connectivity index is 2.31. The van der Waals surface area contributed by atoms with Crippen LogP contribution >= 0.6 is 23.2 Å². The van der Waals surface area contributed by atoms with Crippen molar-refractivity contribution in [1.29, 1.82) is 0 Å². The van der Waals surface area contributed by atoms with Crippen LogP contribution in [-0.4, -0.2) is 45.8 Å².